The van der Waals surface area contributed by atoms with Crippen LogP contribution in [0.2, 0.25) is 5.02 Å². The lowest BCUT2D eigenvalue weighted by Crippen LogP contribution is -1.98. The van der Waals surface area contributed by atoms with Gasteiger partial charge < -0.3 is 4.74 Å². The summed E-state index contributed by atoms with van der Waals surface area (Å²) in [6.45, 7) is 1.75. The topological polar surface area (TPSA) is 26.3 Å². The summed E-state index contributed by atoms with van der Waals surface area (Å²) in [6, 6.07) is 11.4. The van der Waals surface area contributed by atoms with Crippen LogP contribution in [0, 0.1) is 5.82 Å². The van der Waals surface area contributed by atoms with Crippen molar-refractivity contribution in [1.82, 2.24) is 0 Å². The fourth-order valence-corrected chi connectivity index (χ4v) is 1.98. The molecular formula is C16H14ClFO2. The molecule has 2 nitrogen and oxygen atoms in total. The highest BCUT2D eigenvalue weighted by Gasteiger charge is 2.04. The van der Waals surface area contributed by atoms with Crippen molar-refractivity contribution in [2.75, 3.05) is 0 Å². The molecule has 0 heterocycles. The summed E-state index contributed by atoms with van der Waals surface area (Å²) >= 11 is 5.96. The molecule has 0 atom stereocenters. The van der Waals surface area contributed by atoms with Crippen LogP contribution >= 0.6 is 11.6 Å². The molecule has 0 saturated carbocycles. The highest BCUT2D eigenvalue weighted by molar-refractivity contribution is 6.31. The second-order valence-corrected chi connectivity index (χ2v) is 4.95. The number of ether oxygens (including phenoxy) is 1. The zero-order chi connectivity index (χ0) is 14.5. The average Bonchev–Trinajstić information content (AvgIpc) is 2.41. The average molecular weight is 293 g/mol. The minimum absolute atomic E-state index is 0.116. The monoisotopic (exact) mass is 292 g/mol. The van der Waals surface area contributed by atoms with Gasteiger partial charge in [-0.3, -0.25) is 4.79 Å². The number of hydrogen-bond acceptors (Lipinski definition) is 2. The predicted octanol–water partition coefficient (Wildman–Crippen LogP) is 4.19. The van der Waals surface area contributed by atoms with E-state index in [4.69, 9.17) is 16.3 Å². The van der Waals surface area contributed by atoms with Crippen LogP contribution < -0.4 is 4.74 Å². The molecule has 2 rings (SSSR count). The first-order valence-corrected chi connectivity index (χ1v) is 6.57. The smallest absolute Gasteiger partial charge is 0.134 e. The number of carbonyl (C=O) groups excluding carboxylic acids is 1. The number of ketones is 1. The van der Waals surface area contributed by atoms with E-state index in [9.17, 15) is 9.18 Å². The maximum atomic E-state index is 13.1. The lowest BCUT2D eigenvalue weighted by Gasteiger charge is -2.08. The van der Waals surface area contributed by atoms with Crippen LogP contribution in [0.15, 0.2) is 42.5 Å². The van der Waals surface area contributed by atoms with Crippen LogP contribution in [0.3, 0.4) is 0 Å². The van der Waals surface area contributed by atoms with Gasteiger partial charge in [0.15, 0.2) is 0 Å². The Morgan fingerprint density at radius 3 is 2.55 bits per heavy atom. The molecule has 0 aliphatic carbocycles. The first kappa shape index (κ1) is 14.5. The van der Waals surface area contributed by atoms with Crippen LogP contribution in [0.4, 0.5) is 4.39 Å². The van der Waals surface area contributed by atoms with E-state index in [1.807, 2.05) is 12.1 Å². The zero-order valence-corrected chi connectivity index (χ0v) is 11.8. The number of Topliss-reactive ketones (excluding diaryl/α,β-unsaturated/α-hetero) is 1. The molecule has 4 heteroatoms. The molecule has 2 aromatic carbocycles. The summed E-state index contributed by atoms with van der Waals surface area (Å²) in [5.74, 6) is 0.424. The standard InChI is InChI=1S/C16H14ClFO2/c1-11(19)8-12-2-5-15(6-3-12)20-10-13-9-14(18)4-7-16(13)17/h2-7,9H,8,10H2,1H3. The third-order valence-electron chi connectivity index (χ3n) is 2.78. The zero-order valence-electron chi connectivity index (χ0n) is 11.0. The molecular weight excluding hydrogens is 279 g/mol. The van der Waals surface area contributed by atoms with Gasteiger partial charge in [0.25, 0.3) is 0 Å². The largest absolute Gasteiger partial charge is 0.489 e. The summed E-state index contributed by atoms with van der Waals surface area (Å²) in [5.41, 5.74) is 1.54. The second kappa shape index (κ2) is 6.53. The van der Waals surface area contributed by atoms with Crippen molar-refractivity contribution in [3.63, 3.8) is 0 Å². The van der Waals surface area contributed by atoms with E-state index in [1.54, 1.807) is 19.1 Å². The van der Waals surface area contributed by atoms with Crippen molar-refractivity contribution < 1.29 is 13.9 Å². The van der Waals surface area contributed by atoms with Crippen molar-refractivity contribution in [3.05, 3.63) is 64.4 Å². The summed E-state index contributed by atoms with van der Waals surface area (Å²) in [7, 11) is 0. The van der Waals surface area contributed by atoms with E-state index in [2.05, 4.69) is 0 Å². The van der Waals surface area contributed by atoms with Gasteiger partial charge in [0.2, 0.25) is 0 Å². The van der Waals surface area contributed by atoms with Crippen LogP contribution in [-0.2, 0) is 17.8 Å². The van der Waals surface area contributed by atoms with E-state index < -0.39 is 0 Å². The van der Waals surface area contributed by atoms with E-state index in [0.29, 0.717) is 22.8 Å². The van der Waals surface area contributed by atoms with Crippen molar-refractivity contribution in [2.24, 2.45) is 0 Å². The Hall–Kier alpha value is -1.87. The van der Waals surface area contributed by atoms with E-state index in [-0.39, 0.29) is 18.2 Å². The van der Waals surface area contributed by atoms with Gasteiger partial charge in [0.1, 0.15) is 24.0 Å². The SMILES string of the molecule is CC(=O)Cc1ccc(OCc2cc(F)ccc2Cl)cc1. The number of carbonyl (C=O) groups is 1. The fourth-order valence-electron chi connectivity index (χ4n) is 1.81. The molecule has 104 valence electrons. The lowest BCUT2D eigenvalue weighted by molar-refractivity contribution is -0.116. The third kappa shape index (κ3) is 4.07. The summed E-state index contributed by atoms with van der Waals surface area (Å²) in [4.78, 5) is 11.0. The first-order valence-electron chi connectivity index (χ1n) is 6.19. The second-order valence-electron chi connectivity index (χ2n) is 4.55. The summed E-state index contributed by atoms with van der Waals surface area (Å²) < 4.78 is 18.7. The van der Waals surface area contributed by atoms with Gasteiger partial charge in [-0.05, 0) is 42.8 Å². The maximum Gasteiger partial charge on any atom is 0.134 e. The van der Waals surface area contributed by atoms with Crippen LogP contribution in [0.1, 0.15) is 18.1 Å². The minimum Gasteiger partial charge on any atom is -0.489 e. The molecule has 0 amide bonds. The van der Waals surface area contributed by atoms with Crippen LogP contribution in [-0.4, -0.2) is 5.78 Å². The van der Waals surface area contributed by atoms with Gasteiger partial charge >= 0.3 is 0 Å². The fraction of sp³-hybridized carbons (Fsp3) is 0.188. The minimum atomic E-state index is -0.343. The Labute approximate surface area is 122 Å². The quantitative estimate of drug-likeness (QED) is 0.826. The van der Waals surface area contributed by atoms with Crippen molar-refractivity contribution in [3.8, 4) is 5.75 Å². The van der Waals surface area contributed by atoms with Gasteiger partial charge in [-0.15, -0.1) is 0 Å². The first-order chi connectivity index (χ1) is 9.54. The van der Waals surface area contributed by atoms with Gasteiger partial charge in [-0.2, -0.15) is 0 Å². The normalized spacial score (nSPS) is 10.3. The van der Waals surface area contributed by atoms with E-state index in [1.165, 1.54) is 18.2 Å². The maximum absolute atomic E-state index is 13.1. The van der Waals surface area contributed by atoms with Gasteiger partial charge in [-0.25, -0.2) is 4.39 Å². The molecule has 0 aliphatic heterocycles. The van der Waals surface area contributed by atoms with Crippen molar-refractivity contribution in [1.29, 1.82) is 0 Å². The number of hydrogen-bond donors (Lipinski definition) is 0. The summed E-state index contributed by atoms with van der Waals surface area (Å²) in [6.07, 6.45) is 0.413. The summed E-state index contributed by atoms with van der Waals surface area (Å²) in [5, 5.41) is 0.472. The molecule has 0 fully saturated rings. The van der Waals surface area contributed by atoms with Crippen molar-refractivity contribution >= 4 is 17.4 Å². The van der Waals surface area contributed by atoms with Gasteiger partial charge in [-0.1, -0.05) is 23.7 Å². The Bertz CT molecular complexity index is 608. The molecule has 0 saturated heterocycles. The van der Waals surface area contributed by atoms with Crippen LogP contribution in [0.5, 0.6) is 5.75 Å². The Kier molecular flexibility index (Phi) is 4.74. The molecule has 0 bridgehead atoms. The molecule has 2 aromatic rings. The highest BCUT2D eigenvalue weighted by atomic mass is 35.5. The van der Waals surface area contributed by atoms with E-state index >= 15 is 0 Å². The number of halogens is 2. The molecule has 0 aromatic heterocycles. The number of benzene rings is 2. The Morgan fingerprint density at radius 2 is 1.90 bits per heavy atom. The molecule has 0 unspecified atom stereocenters. The molecule has 0 aliphatic rings. The van der Waals surface area contributed by atoms with E-state index in [0.717, 1.165) is 5.56 Å². The predicted molar refractivity (Wildman–Crippen MR) is 76.6 cm³/mol. The van der Waals surface area contributed by atoms with Crippen LogP contribution in [0.25, 0.3) is 0 Å². The molecule has 20 heavy (non-hydrogen) atoms. The Morgan fingerprint density at radius 1 is 1.20 bits per heavy atom. The third-order valence-corrected chi connectivity index (χ3v) is 3.15. The molecule has 0 radical (unpaired) electrons. The number of rotatable bonds is 5. The molecule has 0 spiro atoms. The molecule has 0 N–H and O–H groups in total. The van der Waals surface area contributed by atoms with Gasteiger partial charge in [0.05, 0.1) is 0 Å². The lowest BCUT2D eigenvalue weighted by atomic mass is 10.1. The Balaban J connectivity index is 2.00. The van der Waals surface area contributed by atoms with Crippen molar-refractivity contribution in [2.45, 2.75) is 20.0 Å². The highest BCUT2D eigenvalue weighted by Crippen LogP contribution is 2.20. The van der Waals surface area contributed by atoms with Gasteiger partial charge in [0, 0.05) is 17.0 Å².